The van der Waals surface area contributed by atoms with Crippen molar-refractivity contribution >= 4 is 23.1 Å². The van der Waals surface area contributed by atoms with Gasteiger partial charge in [0.1, 0.15) is 0 Å². The first-order chi connectivity index (χ1) is 15.5. The second-order valence-corrected chi connectivity index (χ2v) is 6.98. The van der Waals surface area contributed by atoms with E-state index in [0.29, 0.717) is 23.7 Å². The van der Waals surface area contributed by atoms with E-state index in [1.807, 2.05) is 0 Å². The number of piperazine rings is 1. The molecule has 1 aliphatic rings. The molecule has 0 bridgehead atoms. The SMILES string of the molecule is CC#CCn1c(N2CCNCC2)nc2c1c(=O)n(C)c(=O)n2CCCF.O=C(O)C(F)(F)F. The van der Waals surface area contributed by atoms with E-state index in [1.54, 1.807) is 11.5 Å². The highest BCUT2D eigenvalue weighted by atomic mass is 19.4. The van der Waals surface area contributed by atoms with Crippen molar-refractivity contribution in [3.05, 3.63) is 20.8 Å². The van der Waals surface area contributed by atoms with E-state index < -0.39 is 30.1 Å². The first-order valence-electron chi connectivity index (χ1n) is 9.96. The van der Waals surface area contributed by atoms with Gasteiger partial charge in [-0.1, -0.05) is 5.92 Å². The number of carboxylic acids is 1. The molecule has 0 aromatic carbocycles. The van der Waals surface area contributed by atoms with E-state index in [9.17, 15) is 27.2 Å². The lowest BCUT2D eigenvalue weighted by molar-refractivity contribution is -0.192. The van der Waals surface area contributed by atoms with Crippen LogP contribution in [0.15, 0.2) is 9.59 Å². The van der Waals surface area contributed by atoms with Crippen molar-refractivity contribution in [1.82, 2.24) is 24.0 Å². The number of halogens is 4. The third kappa shape index (κ3) is 5.92. The molecule has 1 fully saturated rings. The Bertz CT molecular complexity index is 1170. The normalized spacial score (nSPS) is 13.8. The third-order valence-electron chi connectivity index (χ3n) is 4.78. The van der Waals surface area contributed by atoms with Crippen LogP contribution in [0.1, 0.15) is 13.3 Å². The lowest BCUT2D eigenvalue weighted by Gasteiger charge is -2.28. The van der Waals surface area contributed by atoms with Crippen LogP contribution in [0.5, 0.6) is 0 Å². The minimum absolute atomic E-state index is 0.178. The molecular weight excluding hydrogens is 452 g/mol. The number of aryl methyl sites for hydroxylation is 1. The molecule has 2 aromatic rings. The Kier molecular flexibility index (Phi) is 8.63. The minimum atomic E-state index is -5.08. The largest absolute Gasteiger partial charge is 0.490 e. The number of aromatic nitrogens is 4. The Labute approximate surface area is 185 Å². The Morgan fingerprint density at radius 1 is 1.21 bits per heavy atom. The summed E-state index contributed by atoms with van der Waals surface area (Å²) in [6.45, 7) is 4.81. The van der Waals surface area contributed by atoms with Crippen molar-refractivity contribution in [2.75, 3.05) is 37.8 Å². The van der Waals surface area contributed by atoms with Crippen molar-refractivity contribution in [3.63, 3.8) is 0 Å². The molecule has 182 valence electrons. The highest BCUT2D eigenvalue weighted by molar-refractivity contribution is 5.75. The standard InChI is InChI=1S/C17H23FN6O2.C2HF3O2/c1-3-4-9-23-13-14(20-16(23)22-11-7-19-8-12-22)24(10-5-6-18)17(26)21(2)15(13)25;3-2(4,5)1(6)7/h19H,5-12H2,1-2H3;(H,6,7). The van der Waals surface area contributed by atoms with Crippen LogP contribution in [-0.2, 0) is 24.9 Å². The second-order valence-electron chi connectivity index (χ2n) is 6.98. The lowest BCUT2D eigenvalue weighted by Crippen LogP contribution is -2.44. The van der Waals surface area contributed by atoms with Gasteiger partial charge >= 0.3 is 17.8 Å². The van der Waals surface area contributed by atoms with E-state index in [0.717, 1.165) is 30.7 Å². The number of anilines is 1. The average Bonchev–Trinajstić information content (AvgIpc) is 3.16. The van der Waals surface area contributed by atoms with Gasteiger partial charge in [0.15, 0.2) is 11.2 Å². The number of rotatable bonds is 5. The van der Waals surface area contributed by atoms with Crippen LogP contribution in [0.2, 0.25) is 0 Å². The Balaban J connectivity index is 0.000000479. The van der Waals surface area contributed by atoms with Gasteiger partial charge in [0.2, 0.25) is 5.95 Å². The van der Waals surface area contributed by atoms with Gasteiger partial charge in [-0.2, -0.15) is 18.2 Å². The number of carbonyl (C=O) groups is 1. The molecule has 33 heavy (non-hydrogen) atoms. The average molecular weight is 476 g/mol. The molecule has 10 nitrogen and oxygen atoms in total. The topological polar surface area (TPSA) is 114 Å². The maximum atomic E-state index is 12.8. The summed E-state index contributed by atoms with van der Waals surface area (Å²) in [5.41, 5.74) is -0.248. The molecule has 2 aromatic heterocycles. The Hall–Kier alpha value is -3.34. The van der Waals surface area contributed by atoms with E-state index in [1.165, 1.54) is 11.6 Å². The quantitative estimate of drug-likeness (QED) is 0.472. The van der Waals surface area contributed by atoms with Crippen LogP contribution in [0.4, 0.5) is 23.5 Å². The molecule has 3 rings (SSSR count). The summed E-state index contributed by atoms with van der Waals surface area (Å²) in [5, 5.41) is 10.4. The van der Waals surface area contributed by atoms with Gasteiger partial charge in [0, 0.05) is 39.8 Å². The monoisotopic (exact) mass is 476 g/mol. The van der Waals surface area contributed by atoms with Gasteiger partial charge in [-0.15, -0.1) is 5.92 Å². The number of fused-ring (bicyclic) bond motifs is 1. The Morgan fingerprint density at radius 2 is 1.82 bits per heavy atom. The van der Waals surface area contributed by atoms with Crippen LogP contribution in [0.3, 0.4) is 0 Å². The van der Waals surface area contributed by atoms with Crippen molar-refractivity contribution in [3.8, 4) is 11.8 Å². The minimum Gasteiger partial charge on any atom is -0.475 e. The molecule has 0 aliphatic carbocycles. The summed E-state index contributed by atoms with van der Waals surface area (Å²) in [7, 11) is 1.43. The molecule has 0 radical (unpaired) electrons. The van der Waals surface area contributed by atoms with Gasteiger partial charge in [0.25, 0.3) is 5.56 Å². The van der Waals surface area contributed by atoms with Crippen LogP contribution in [0.25, 0.3) is 11.2 Å². The van der Waals surface area contributed by atoms with Crippen molar-refractivity contribution in [2.45, 2.75) is 32.6 Å². The predicted octanol–water partition coefficient (Wildman–Crippen LogP) is 0.322. The third-order valence-corrected chi connectivity index (χ3v) is 4.78. The van der Waals surface area contributed by atoms with Crippen LogP contribution >= 0.6 is 0 Å². The molecule has 1 saturated heterocycles. The first-order valence-corrected chi connectivity index (χ1v) is 9.96. The van der Waals surface area contributed by atoms with Crippen molar-refractivity contribution in [2.24, 2.45) is 7.05 Å². The number of imidazole rings is 1. The van der Waals surface area contributed by atoms with Gasteiger partial charge in [-0.3, -0.25) is 22.9 Å². The number of aliphatic carboxylic acids is 1. The van der Waals surface area contributed by atoms with E-state index >= 15 is 0 Å². The Morgan fingerprint density at radius 3 is 2.33 bits per heavy atom. The maximum Gasteiger partial charge on any atom is 0.490 e. The fourth-order valence-electron chi connectivity index (χ4n) is 3.18. The van der Waals surface area contributed by atoms with E-state index in [2.05, 4.69) is 27.0 Å². The summed E-state index contributed by atoms with van der Waals surface area (Å²) >= 11 is 0. The van der Waals surface area contributed by atoms with Gasteiger partial charge in [-0.25, -0.2) is 9.59 Å². The van der Waals surface area contributed by atoms with Crippen LogP contribution in [-0.4, -0.2) is 68.8 Å². The first kappa shape index (κ1) is 25.9. The van der Waals surface area contributed by atoms with Crippen molar-refractivity contribution < 1.29 is 27.5 Å². The summed E-state index contributed by atoms with van der Waals surface area (Å²) in [4.78, 5) is 40.9. The number of carboxylic acid groups (broad SMARTS) is 1. The molecule has 0 saturated carbocycles. The molecule has 1 aliphatic heterocycles. The van der Waals surface area contributed by atoms with E-state index in [4.69, 9.17) is 9.90 Å². The zero-order valence-corrected chi connectivity index (χ0v) is 18.1. The molecule has 3 heterocycles. The molecule has 0 spiro atoms. The highest BCUT2D eigenvalue weighted by Crippen LogP contribution is 2.20. The highest BCUT2D eigenvalue weighted by Gasteiger charge is 2.38. The maximum absolute atomic E-state index is 12.8. The molecular formula is C19H24F4N6O4. The fourth-order valence-corrected chi connectivity index (χ4v) is 3.18. The number of alkyl halides is 4. The lowest BCUT2D eigenvalue weighted by atomic mass is 10.4. The van der Waals surface area contributed by atoms with E-state index in [-0.39, 0.29) is 13.0 Å². The summed E-state index contributed by atoms with van der Waals surface area (Å²) < 4.78 is 48.6. The smallest absolute Gasteiger partial charge is 0.475 e. The molecule has 2 N–H and O–H groups in total. The number of hydrogen-bond donors (Lipinski definition) is 2. The molecule has 14 heteroatoms. The molecule has 0 unspecified atom stereocenters. The van der Waals surface area contributed by atoms with Gasteiger partial charge < -0.3 is 15.3 Å². The van der Waals surface area contributed by atoms with Crippen LogP contribution in [0, 0.1) is 11.8 Å². The fraction of sp³-hybridized carbons (Fsp3) is 0.579. The van der Waals surface area contributed by atoms with Crippen molar-refractivity contribution in [1.29, 1.82) is 0 Å². The number of hydrogen-bond acceptors (Lipinski definition) is 6. The molecule has 0 amide bonds. The molecule has 0 atom stereocenters. The number of nitrogens with one attached hydrogen (secondary N) is 1. The predicted molar refractivity (Wildman–Crippen MR) is 112 cm³/mol. The summed E-state index contributed by atoms with van der Waals surface area (Å²) in [5.74, 6) is 3.69. The summed E-state index contributed by atoms with van der Waals surface area (Å²) in [6, 6.07) is 0. The zero-order chi connectivity index (χ0) is 24.8. The summed E-state index contributed by atoms with van der Waals surface area (Å²) in [6.07, 6.45) is -4.89. The van der Waals surface area contributed by atoms with Crippen LogP contribution < -0.4 is 21.5 Å². The second kappa shape index (κ2) is 11.0. The number of nitrogens with zero attached hydrogens (tertiary/aromatic N) is 5. The van der Waals surface area contributed by atoms with Gasteiger partial charge in [0.05, 0.1) is 13.2 Å². The zero-order valence-electron chi connectivity index (χ0n) is 18.1. The van der Waals surface area contributed by atoms with Gasteiger partial charge in [-0.05, 0) is 13.3 Å².